The van der Waals surface area contributed by atoms with Gasteiger partial charge < -0.3 is 0 Å². The van der Waals surface area contributed by atoms with Crippen molar-refractivity contribution in [3.05, 3.63) is 0 Å². The van der Waals surface area contributed by atoms with Gasteiger partial charge in [-0.1, -0.05) is 46.5 Å². The monoisotopic (exact) mass is 341 g/mol. The predicted molar refractivity (Wildman–Crippen MR) is 104 cm³/mol. The van der Waals surface area contributed by atoms with Crippen molar-refractivity contribution in [1.82, 2.24) is 0 Å². The fourth-order valence-corrected chi connectivity index (χ4v) is 7.88. The van der Waals surface area contributed by atoms with E-state index in [2.05, 4.69) is 26.8 Å². The normalized spacial score (nSPS) is 53.4. The van der Waals surface area contributed by atoms with E-state index in [9.17, 15) is 5.26 Å². The Labute approximate surface area is 156 Å². The summed E-state index contributed by atoms with van der Waals surface area (Å²) in [6, 6.07) is 2.67. The first kappa shape index (κ1) is 17.9. The first-order valence-corrected chi connectivity index (χ1v) is 11.4. The first-order chi connectivity index (χ1) is 12.0. The molecule has 0 radical (unpaired) electrons. The van der Waals surface area contributed by atoms with E-state index in [4.69, 9.17) is 0 Å². The van der Waals surface area contributed by atoms with Gasteiger partial charge in [-0.05, 0) is 91.8 Å². The van der Waals surface area contributed by atoms with Crippen LogP contribution in [0.3, 0.4) is 0 Å². The topological polar surface area (TPSA) is 23.8 Å². The lowest BCUT2D eigenvalue weighted by molar-refractivity contribution is -0.115. The maximum absolute atomic E-state index is 9.59. The van der Waals surface area contributed by atoms with Crippen LogP contribution < -0.4 is 0 Å². The number of nitrogens with zero attached hydrogens (tertiary/aromatic N) is 1. The lowest BCUT2D eigenvalue weighted by Gasteiger charge is -2.61. The minimum atomic E-state index is 0.342. The van der Waals surface area contributed by atoms with Crippen molar-refractivity contribution in [2.75, 3.05) is 0 Å². The zero-order valence-electron chi connectivity index (χ0n) is 16.9. The summed E-state index contributed by atoms with van der Waals surface area (Å²) < 4.78 is 0. The summed E-state index contributed by atoms with van der Waals surface area (Å²) in [6.07, 6.45) is 17.1. The second-order valence-electron chi connectivity index (χ2n) is 10.9. The second-order valence-corrected chi connectivity index (χ2v) is 10.9. The van der Waals surface area contributed by atoms with Crippen LogP contribution in [0.25, 0.3) is 0 Å². The zero-order chi connectivity index (χ0) is 17.7. The van der Waals surface area contributed by atoms with E-state index in [0.29, 0.717) is 16.7 Å². The average molecular weight is 342 g/mol. The molecule has 0 N–H and O–H groups in total. The van der Waals surface area contributed by atoms with Crippen LogP contribution >= 0.6 is 0 Å². The highest BCUT2D eigenvalue weighted by Crippen LogP contribution is 2.67. The third-order valence-electron chi connectivity index (χ3n) is 9.37. The molecular formula is C24H39N. The van der Waals surface area contributed by atoms with Crippen molar-refractivity contribution in [3.63, 3.8) is 0 Å². The molecule has 5 aliphatic rings. The van der Waals surface area contributed by atoms with Gasteiger partial charge in [0, 0.05) is 0 Å². The lowest BCUT2D eigenvalue weighted by Crippen LogP contribution is -2.53. The van der Waals surface area contributed by atoms with Crippen LogP contribution in [0.1, 0.15) is 97.8 Å². The SMILES string of the molecule is C1CC1.CC1CCC2CCC3C4CCC(C#N)C4(C)CC[C@@H]3C2(C)C1. The van der Waals surface area contributed by atoms with Gasteiger partial charge in [0.1, 0.15) is 0 Å². The van der Waals surface area contributed by atoms with E-state index < -0.39 is 0 Å². The third kappa shape index (κ3) is 2.96. The smallest absolute Gasteiger partial charge is 0.0661 e. The molecule has 5 fully saturated rings. The Kier molecular flexibility index (Phi) is 4.71. The molecule has 8 atom stereocenters. The average Bonchev–Trinajstić information content (AvgIpc) is 3.41. The van der Waals surface area contributed by atoms with Gasteiger partial charge in [-0.3, -0.25) is 0 Å². The van der Waals surface area contributed by atoms with Crippen LogP contribution in [0.5, 0.6) is 0 Å². The molecule has 5 rings (SSSR count). The fraction of sp³-hybridized carbons (Fsp3) is 0.958. The summed E-state index contributed by atoms with van der Waals surface area (Å²) in [5.74, 6) is 5.03. The summed E-state index contributed by atoms with van der Waals surface area (Å²) >= 11 is 0. The summed E-state index contributed by atoms with van der Waals surface area (Å²) in [6.45, 7) is 7.61. The van der Waals surface area contributed by atoms with Gasteiger partial charge in [-0.25, -0.2) is 0 Å². The molecule has 0 aromatic rings. The molecular weight excluding hydrogens is 302 g/mol. The summed E-state index contributed by atoms with van der Waals surface area (Å²) in [5, 5.41) is 9.59. The Bertz CT molecular complexity index is 528. The van der Waals surface area contributed by atoms with Crippen molar-refractivity contribution in [3.8, 4) is 6.07 Å². The molecule has 1 heteroatoms. The van der Waals surface area contributed by atoms with E-state index in [1.165, 1.54) is 77.0 Å². The van der Waals surface area contributed by atoms with Crippen molar-refractivity contribution >= 4 is 0 Å². The minimum Gasteiger partial charge on any atom is -0.198 e. The van der Waals surface area contributed by atoms with E-state index in [0.717, 1.165) is 29.6 Å². The molecule has 0 saturated heterocycles. The minimum absolute atomic E-state index is 0.342. The second kappa shape index (κ2) is 6.58. The molecule has 0 bridgehead atoms. The van der Waals surface area contributed by atoms with Crippen molar-refractivity contribution < 1.29 is 0 Å². The van der Waals surface area contributed by atoms with Crippen LogP contribution in [0, 0.1) is 57.7 Å². The Hall–Kier alpha value is -0.510. The summed E-state index contributed by atoms with van der Waals surface area (Å²) in [4.78, 5) is 0. The van der Waals surface area contributed by atoms with Gasteiger partial charge in [-0.15, -0.1) is 0 Å². The quantitative estimate of drug-likeness (QED) is 0.466. The van der Waals surface area contributed by atoms with E-state index in [1.54, 1.807) is 0 Å². The Morgan fingerprint density at radius 1 is 0.800 bits per heavy atom. The van der Waals surface area contributed by atoms with Crippen molar-refractivity contribution in [1.29, 1.82) is 5.26 Å². The Morgan fingerprint density at radius 2 is 1.48 bits per heavy atom. The van der Waals surface area contributed by atoms with Gasteiger partial charge in [0.05, 0.1) is 12.0 Å². The maximum Gasteiger partial charge on any atom is 0.0661 e. The maximum atomic E-state index is 9.59. The van der Waals surface area contributed by atoms with Crippen LogP contribution in [0.15, 0.2) is 0 Å². The van der Waals surface area contributed by atoms with Crippen molar-refractivity contribution in [2.24, 2.45) is 46.3 Å². The van der Waals surface area contributed by atoms with Gasteiger partial charge in [-0.2, -0.15) is 5.26 Å². The van der Waals surface area contributed by atoms with Crippen LogP contribution in [0.4, 0.5) is 0 Å². The largest absolute Gasteiger partial charge is 0.198 e. The summed E-state index contributed by atoms with van der Waals surface area (Å²) in [5.41, 5.74) is 0.964. The van der Waals surface area contributed by atoms with Crippen LogP contribution in [-0.4, -0.2) is 0 Å². The molecule has 25 heavy (non-hydrogen) atoms. The van der Waals surface area contributed by atoms with Crippen molar-refractivity contribution in [2.45, 2.75) is 97.8 Å². The van der Waals surface area contributed by atoms with Gasteiger partial charge >= 0.3 is 0 Å². The molecule has 1 nitrogen and oxygen atoms in total. The van der Waals surface area contributed by atoms with Gasteiger partial charge in [0.25, 0.3) is 0 Å². The molecule has 0 spiro atoms. The molecule has 5 aliphatic carbocycles. The molecule has 7 unspecified atom stereocenters. The van der Waals surface area contributed by atoms with E-state index in [1.807, 2.05) is 0 Å². The molecule has 5 saturated carbocycles. The molecule has 0 aromatic carbocycles. The predicted octanol–water partition coefficient (Wildman–Crippen LogP) is 6.98. The number of hydrogen-bond donors (Lipinski definition) is 0. The summed E-state index contributed by atoms with van der Waals surface area (Å²) in [7, 11) is 0. The molecule has 0 heterocycles. The highest BCUT2D eigenvalue weighted by Gasteiger charge is 2.60. The number of hydrogen-bond acceptors (Lipinski definition) is 1. The molecule has 140 valence electrons. The number of nitriles is 1. The van der Waals surface area contributed by atoms with Gasteiger partial charge in [0.2, 0.25) is 0 Å². The molecule has 0 aliphatic heterocycles. The number of rotatable bonds is 0. The Morgan fingerprint density at radius 3 is 2.16 bits per heavy atom. The Balaban J connectivity index is 0.000000474. The van der Waals surface area contributed by atoms with E-state index in [-0.39, 0.29) is 0 Å². The highest BCUT2D eigenvalue weighted by atomic mass is 14.6. The van der Waals surface area contributed by atoms with E-state index >= 15 is 0 Å². The highest BCUT2D eigenvalue weighted by molar-refractivity contribution is 5.12. The fourth-order valence-electron chi connectivity index (χ4n) is 7.88. The third-order valence-corrected chi connectivity index (χ3v) is 9.37. The molecule has 0 amide bonds. The van der Waals surface area contributed by atoms with Crippen LogP contribution in [0.2, 0.25) is 0 Å². The number of fused-ring (bicyclic) bond motifs is 5. The first-order valence-electron chi connectivity index (χ1n) is 11.4. The zero-order valence-corrected chi connectivity index (χ0v) is 16.9. The molecule has 0 aromatic heterocycles. The lowest BCUT2D eigenvalue weighted by atomic mass is 9.44. The standard InChI is InChI=1S/C21H33N.C3H6/c1-14-4-5-15-6-8-17-18-9-7-16(13-22)20(18,2)11-10-19(17)21(15,3)12-14;1-2-3-1/h14-19H,4-12H2,1-3H3;1-3H2/t14?,15?,16?,17?,18?,19-,20?,21?;/m0./s1. The van der Waals surface area contributed by atoms with Crippen LogP contribution in [-0.2, 0) is 0 Å². The van der Waals surface area contributed by atoms with Gasteiger partial charge in [0.15, 0.2) is 0 Å².